The number of imidazole rings is 1. The molecular weight excluding hydrogens is 702 g/mol. The first-order valence-electron chi connectivity index (χ1n) is 13.9. The standard InChI is InChI=1S/C28H35N4O6S2.CHF3O3S/c1-19-17-29-25(20(2)27(19)37-7)18-39(33)28-30-24-16-22(36-6)10-13-26(24)31(28)40(34,35)23-11-8-21(9-12-23)38-15-14-32(3,4)5;2-1(3,4)8(5,6)7/h8-13,16-17H,14-15,18H2,1-7H3;(H,5,6,7)/q+1;/p-1. The van der Waals surface area contributed by atoms with E-state index in [1.54, 1.807) is 43.6 Å². The summed E-state index contributed by atoms with van der Waals surface area (Å²) in [5.41, 5.74) is -2.89. The van der Waals surface area contributed by atoms with E-state index < -0.39 is 36.4 Å². The normalized spacial score (nSPS) is 13.1. The van der Waals surface area contributed by atoms with E-state index >= 15 is 0 Å². The van der Waals surface area contributed by atoms with E-state index in [-0.39, 0.29) is 15.8 Å². The summed E-state index contributed by atoms with van der Waals surface area (Å²) in [5.74, 6) is 1.67. The van der Waals surface area contributed by atoms with E-state index in [1.165, 1.54) is 19.2 Å². The lowest BCUT2D eigenvalue weighted by Crippen LogP contribution is -2.38. The zero-order chi connectivity index (χ0) is 36.2. The summed E-state index contributed by atoms with van der Waals surface area (Å²) >= 11 is 0. The van der Waals surface area contributed by atoms with Crippen LogP contribution in [0.2, 0.25) is 0 Å². The van der Waals surface area contributed by atoms with Gasteiger partial charge in [-0.25, -0.2) is 25.8 Å². The van der Waals surface area contributed by atoms with Crippen LogP contribution in [0.1, 0.15) is 16.8 Å². The number of hydrogen-bond acceptors (Lipinski definition) is 11. The van der Waals surface area contributed by atoms with E-state index in [0.717, 1.165) is 26.1 Å². The lowest BCUT2D eigenvalue weighted by atomic mass is 10.1. The number of pyridine rings is 1. The second kappa shape index (κ2) is 14.8. The quantitative estimate of drug-likeness (QED) is 0.125. The summed E-state index contributed by atoms with van der Waals surface area (Å²) in [5, 5.41) is -0.104. The third-order valence-electron chi connectivity index (χ3n) is 6.69. The van der Waals surface area contributed by atoms with Crippen molar-refractivity contribution in [2.45, 2.75) is 35.2 Å². The summed E-state index contributed by atoms with van der Waals surface area (Å²) in [7, 11) is -2.86. The number of ether oxygens (including phenoxy) is 3. The SMILES string of the molecule is COc1ccc2c(c1)nc(S(=O)Cc1ncc(C)c(OC)c1C)n2S(=O)(=O)c1ccc(OCC[N+](C)(C)C)cc1.O=S(=O)([O-])C(F)(F)F. The molecule has 0 saturated heterocycles. The van der Waals surface area contributed by atoms with E-state index in [4.69, 9.17) is 27.2 Å². The molecule has 4 rings (SSSR count). The molecule has 0 bridgehead atoms. The maximum Gasteiger partial charge on any atom is 0.485 e. The molecule has 0 aliphatic carbocycles. The predicted molar refractivity (Wildman–Crippen MR) is 170 cm³/mol. The van der Waals surface area contributed by atoms with Crippen molar-refractivity contribution in [2.24, 2.45) is 0 Å². The molecule has 0 spiro atoms. The number of likely N-dealkylation sites (N-methyl/N-ethyl adjacent to an activating group) is 1. The fourth-order valence-corrected chi connectivity index (χ4v) is 7.22. The van der Waals surface area contributed by atoms with Crippen molar-refractivity contribution in [2.75, 3.05) is 48.5 Å². The maximum atomic E-state index is 14.0. The fraction of sp³-hybridized carbons (Fsp3) is 0.379. The molecule has 13 nitrogen and oxygen atoms in total. The Bertz CT molecular complexity index is 2010. The molecule has 1 unspecified atom stereocenters. The molecular formula is C29H35F3N4O9S3. The van der Waals surface area contributed by atoms with Crippen molar-refractivity contribution < 1.29 is 57.5 Å². The summed E-state index contributed by atoms with van der Waals surface area (Å²) in [6.07, 6.45) is 1.65. The number of nitrogens with zero attached hydrogens (tertiary/aromatic N) is 4. The number of methoxy groups -OCH3 is 2. The van der Waals surface area contributed by atoms with Crippen LogP contribution in [0.5, 0.6) is 17.2 Å². The molecule has 2 heterocycles. The van der Waals surface area contributed by atoms with Gasteiger partial charge in [0.05, 0.1) is 73.5 Å². The van der Waals surface area contributed by atoms with Gasteiger partial charge in [0.25, 0.3) is 10.0 Å². The molecule has 1 atom stereocenters. The average Bonchev–Trinajstić information content (AvgIpc) is 3.38. The first-order valence-corrected chi connectivity index (χ1v) is 18.0. The molecule has 0 aliphatic rings. The minimum atomic E-state index is -6.09. The van der Waals surface area contributed by atoms with Crippen LogP contribution < -0.4 is 14.2 Å². The third-order valence-corrected chi connectivity index (χ3v) is 10.3. The van der Waals surface area contributed by atoms with Gasteiger partial charge in [-0.05, 0) is 50.2 Å². The van der Waals surface area contributed by atoms with Crippen LogP contribution in [0.15, 0.2) is 58.7 Å². The van der Waals surface area contributed by atoms with Crippen molar-refractivity contribution in [1.82, 2.24) is 13.9 Å². The van der Waals surface area contributed by atoms with E-state index in [0.29, 0.717) is 40.6 Å². The van der Waals surface area contributed by atoms with Crippen molar-refractivity contribution in [3.05, 3.63) is 65.5 Å². The van der Waals surface area contributed by atoms with Crippen molar-refractivity contribution in [1.29, 1.82) is 0 Å². The zero-order valence-electron chi connectivity index (χ0n) is 27.1. The van der Waals surface area contributed by atoms with Crippen molar-refractivity contribution in [3.8, 4) is 17.2 Å². The number of aromatic nitrogens is 3. The molecule has 4 aromatic rings. The highest BCUT2D eigenvalue weighted by Crippen LogP contribution is 2.31. The number of halogens is 3. The largest absolute Gasteiger partial charge is 0.741 e. The van der Waals surface area contributed by atoms with Crippen molar-refractivity contribution in [3.63, 3.8) is 0 Å². The van der Waals surface area contributed by atoms with E-state index in [9.17, 15) is 25.8 Å². The van der Waals surface area contributed by atoms with Gasteiger partial charge in [-0.3, -0.25) is 9.19 Å². The topological polar surface area (TPSA) is 167 Å². The number of benzene rings is 2. The highest BCUT2D eigenvalue weighted by Gasteiger charge is 2.37. The third kappa shape index (κ3) is 9.22. The Labute approximate surface area is 279 Å². The number of fused-ring (bicyclic) bond motifs is 1. The van der Waals surface area contributed by atoms with Gasteiger partial charge in [0, 0.05) is 23.4 Å². The number of quaternary nitrogens is 1. The van der Waals surface area contributed by atoms with E-state index in [1.807, 2.05) is 13.8 Å². The smallest absolute Gasteiger partial charge is 0.485 e. The van der Waals surface area contributed by atoms with Crippen LogP contribution in [-0.4, -0.2) is 98.0 Å². The molecule has 0 radical (unpaired) electrons. The van der Waals surface area contributed by atoms with Crippen LogP contribution in [0.25, 0.3) is 11.0 Å². The van der Waals surface area contributed by atoms with Gasteiger partial charge in [-0.2, -0.15) is 13.2 Å². The summed E-state index contributed by atoms with van der Waals surface area (Å²) in [6.45, 7) is 4.99. The first-order chi connectivity index (χ1) is 22.1. The molecule has 0 aliphatic heterocycles. The van der Waals surface area contributed by atoms with Crippen molar-refractivity contribution >= 4 is 42.0 Å². The highest BCUT2D eigenvalue weighted by molar-refractivity contribution is 7.91. The summed E-state index contributed by atoms with van der Waals surface area (Å²) in [4.78, 5) is 8.96. The second-order valence-corrected chi connectivity index (χ2v) is 15.8. The van der Waals surface area contributed by atoms with Gasteiger partial charge < -0.3 is 23.2 Å². The van der Waals surface area contributed by atoms with Gasteiger partial charge in [-0.15, -0.1) is 0 Å². The zero-order valence-corrected chi connectivity index (χ0v) is 29.5. The predicted octanol–water partition coefficient (Wildman–Crippen LogP) is 3.75. The Balaban J connectivity index is 0.000000694. The van der Waals surface area contributed by atoms with Gasteiger partial charge in [0.15, 0.2) is 10.1 Å². The van der Waals surface area contributed by atoms with Gasteiger partial charge in [0.1, 0.15) is 30.4 Å². The minimum absolute atomic E-state index is 0.0196. The molecule has 0 fully saturated rings. The summed E-state index contributed by atoms with van der Waals surface area (Å²) in [6, 6.07) is 11.1. The van der Waals surface area contributed by atoms with Crippen LogP contribution in [0.4, 0.5) is 13.2 Å². The van der Waals surface area contributed by atoms with Crippen LogP contribution >= 0.6 is 0 Å². The Hall–Kier alpha value is -3.78. The lowest BCUT2D eigenvalue weighted by molar-refractivity contribution is -0.870. The van der Waals surface area contributed by atoms with Gasteiger partial charge >= 0.3 is 5.51 Å². The number of alkyl halides is 3. The maximum absolute atomic E-state index is 14.0. The molecule has 0 amide bonds. The molecule has 0 N–H and O–H groups in total. The fourth-order valence-electron chi connectivity index (χ4n) is 4.17. The monoisotopic (exact) mass is 736 g/mol. The number of rotatable bonds is 11. The lowest BCUT2D eigenvalue weighted by Gasteiger charge is -2.23. The van der Waals surface area contributed by atoms with Gasteiger partial charge in [-0.1, -0.05) is 0 Å². The molecule has 19 heteroatoms. The van der Waals surface area contributed by atoms with Crippen LogP contribution in [0, 0.1) is 13.8 Å². The molecule has 48 heavy (non-hydrogen) atoms. The van der Waals surface area contributed by atoms with E-state index in [2.05, 4.69) is 31.1 Å². The second-order valence-electron chi connectivity index (χ2n) is 11.3. The molecule has 2 aromatic carbocycles. The highest BCUT2D eigenvalue weighted by atomic mass is 32.2. The Morgan fingerprint density at radius 2 is 1.54 bits per heavy atom. The van der Waals surface area contributed by atoms with Crippen LogP contribution in [0.3, 0.4) is 0 Å². The molecule has 264 valence electrons. The minimum Gasteiger partial charge on any atom is -0.741 e. The number of aryl methyl sites for hydroxylation is 1. The molecule has 0 saturated carbocycles. The summed E-state index contributed by atoms with van der Waals surface area (Å²) < 4.78 is 119. The van der Waals surface area contributed by atoms with Crippen LogP contribution in [-0.2, 0) is 36.7 Å². The average molecular weight is 737 g/mol. The number of hydrogen-bond donors (Lipinski definition) is 0. The Kier molecular flexibility index (Phi) is 11.9. The first kappa shape index (κ1) is 38.7. The van der Waals surface area contributed by atoms with Gasteiger partial charge in [0.2, 0.25) is 5.16 Å². The Morgan fingerprint density at radius 3 is 2.06 bits per heavy atom. The Morgan fingerprint density at radius 1 is 0.958 bits per heavy atom. The molecule has 2 aromatic heterocycles.